The van der Waals surface area contributed by atoms with E-state index in [1.807, 2.05) is 54.6 Å². The van der Waals surface area contributed by atoms with Gasteiger partial charge in [-0.05, 0) is 28.8 Å². The Balaban J connectivity index is 1.69. The minimum Gasteiger partial charge on any atom is -0.328 e. The van der Waals surface area contributed by atoms with Crippen LogP contribution in [-0.4, -0.2) is 22.1 Å². The fourth-order valence-electron chi connectivity index (χ4n) is 3.93. The third-order valence-electron chi connectivity index (χ3n) is 5.63. The van der Waals surface area contributed by atoms with Crippen LogP contribution in [0.2, 0.25) is 0 Å². The van der Waals surface area contributed by atoms with E-state index >= 15 is 0 Å². The van der Waals surface area contributed by atoms with Gasteiger partial charge in [0.1, 0.15) is 18.2 Å². The quantitative estimate of drug-likeness (QED) is 0.317. The molecular weight excluding hydrogens is 396 g/mol. The number of aldehydes is 2. The Bertz CT molecular complexity index is 1400. The third-order valence-corrected chi connectivity index (χ3v) is 5.63. The van der Waals surface area contributed by atoms with Gasteiger partial charge in [-0.3, -0.25) is 9.59 Å². The molecule has 0 saturated carbocycles. The average Bonchev–Trinajstić information content (AvgIpc) is 3.27. The molecule has 154 valence electrons. The van der Waals surface area contributed by atoms with Crippen LogP contribution in [0.15, 0.2) is 97.2 Å². The number of hydrogen-bond acceptors (Lipinski definition) is 3. The standard InChI is InChI=1S/C28H20N2O2/c31-18-21-6-10-23(11-7-21)26-16-27(24-12-8-22(19-32)9-13-24)29-28-25(26)14-15-30(28)17-20-4-2-1-3-5-20/h1-16,18-19H,17H2. The van der Waals surface area contributed by atoms with Crippen molar-refractivity contribution in [3.05, 3.63) is 114 Å². The van der Waals surface area contributed by atoms with Gasteiger partial charge in [-0.25, -0.2) is 4.98 Å². The van der Waals surface area contributed by atoms with Gasteiger partial charge in [-0.2, -0.15) is 0 Å². The van der Waals surface area contributed by atoms with E-state index < -0.39 is 0 Å². The van der Waals surface area contributed by atoms with Crippen molar-refractivity contribution in [1.82, 2.24) is 9.55 Å². The van der Waals surface area contributed by atoms with E-state index in [0.717, 1.165) is 46.0 Å². The molecule has 0 spiro atoms. The molecule has 0 fully saturated rings. The molecule has 2 aromatic heterocycles. The summed E-state index contributed by atoms with van der Waals surface area (Å²) in [6.45, 7) is 0.717. The van der Waals surface area contributed by atoms with Crippen LogP contribution in [0.5, 0.6) is 0 Å². The molecule has 0 radical (unpaired) electrons. The maximum Gasteiger partial charge on any atom is 0.150 e. The highest BCUT2D eigenvalue weighted by molar-refractivity contribution is 5.96. The van der Waals surface area contributed by atoms with Crippen molar-refractivity contribution in [2.45, 2.75) is 6.54 Å². The lowest BCUT2D eigenvalue weighted by molar-refractivity contribution is 0.111. The first-order valence-corrected chi connectivity index (χ1v) is 10.4. The summed E-state index contributed by atoms with van der Waals surface area (Å²) in [5.74, 6) is 0. The Hall–Kier alpha value is -4.31. The number of nitrogens with zero attached hydrogens (tertiary/aromatic N) is 2. The lowest BCUT2D eigenvalue weighted by Gasteiger charge is -2.11. The number of fused-ring (bicyclic) bond motifs is 1. The van der Waals surface area contributed by atoms with E-state index in [4.69, 9.17) is 4.98 Å². The topological polar surface area (TPSA) is 52.0 Å². The Kier molecular flexibility index (Phi) is 5.18. The summed E-state index contributed by atoms with van der Waals surface area (Å²) in [5.41, 5.74) is 7.20. The van der Waals surface area contributed by atoms with E-state index in [1.54, 1.807) is 12.1 Å². The maximum absolute atomic E-state index is 11.1. The number of pyridine rings is 1. The summed E-state index contributed by atoms with van der Waals surface area (Å²) in [6, 6.07) is 29.5. The number of rotatable bonds is 6. The van der Waals surface area contributed by atoms with Gasteiger partial charge in [-0.15, -0.1) is 0 Å². The molecule has 0 N–H and O–H groups in total. The molecule has 4 nitrogen and oxygen atoms in total. The molecule has 0 unspecified atom stereocenters. The van der Waals surface area contributed by atoms with Gasteiger partial charge in [0.15, 0.2) is 0 Å². The lowest BCUT2D eigenvalue weighted by Crippen LogP contribution is -2.00. The van der Waals surface area contributed by atoms with Crippen molar-refractivity contribution in [3.8, 4) is 22.4 Å². The van der Waals surface area contributed by atoms with Crippen molar-refractivity contribution in [2.75, 3.05) is 0 Å². The highest BCUT2D eigenvalue weighted by Gasteiger charge is 2.13. The van der Waals surface area contributed by atoms with Gasteiger partial charge in [0.05, 0.1) is 5.69 Å². The van der Waals surface area contributed by atoms with Gasteiger partial charge in [0, 0.05) is 34.8 Å². The third kappa shape index (κ3) is 3.74. The van der Waals surface area contributed by atoms with Crippen LogP contribution in [0.1, 0.15) is 26.3 Å². The average molecular weight is 416 g/mol. The van der Waals surface area contributed by atoms with Gasteiger partial charge in [-0.1, -0.05) is 78.9 Å². The monoisotopic (exact) mass is 416 g/mol. The molecule has 3 aromatic carbocycles. The first kappa shape index (κ1) is 19.6. The highest BCUT2D eigenvalue weighted by Crippen LogP contribution is 2.33. The molecule has 2 heterocycles. The number of aromatic nitrogens is 2. The summed E-state index contributed by atoms with van der Waals surface area (Å²) < 4.78 is 2.15. The van der Waals surface area contributed by atoms with E-state index in [9.17, 15) is 9.59 Å². The largest absolute Gasteiger partial charge is 0.328 e. The number of benzene rings is 3. The van der Waals surface area contributed by atoms with Gasteiger partial charge in [0.25, 0.3) is 0 Å². The predicted molar refractivity (Wildman–Crippen MR) is 127 cm³/mol. The molecule has 0 atom stereocenters. The zero-order valence-electron chi connectivity index (χ0n) is 17.3. The van der Waals surface area contributed by atoms with E-state index in [2.05, 4.69) is 35.0 Å². The van der Waals surface area contributed by atoms with Crippen molar-refractivity contribution in [2.24, 2.45) is 0 Å². The van der Waals surface area contributed by atoms with Crippen LogP contribution in [0.3, 0.4) is 0 Å². The molecule has 0 aliphatic carbocycles. The van der Waals surface area contributed by atoms with Crippen LogP contribution in [-0.2, 0) is 6.54 Å². The fraction of sp³-hybridized carbons (Fsp3) is 0.0357. The molecular formula is C28H20N2O2. The normalized spacial score (nSPS) is 10.9. The SMILES string of the molecule is O=Cc1ccc(-c2cc(-c3ccc(C=O)cc3)c3ccn(Cc4ccccc4)c3n2)cc1. The first-order valence-electron chi connectivity index (χ1n) is 10.4. The number of carbonyl (C=O) groups is 2. The summed E-state index contributed by atoms with van der Waals surface area (Å²) in [7, 11) is 0. The van der Waals surface area contributed by atoms with Crippen LogP contribution >= 0.6 is 0 Å². The summed E-state index contributed by atoms with van der Waals surface area (Å²) >= 11 is 0. The summed E-state index contributed by atoms with van der Waals surface area (Å²) in [6.07, 6.45) is 3.75. The first-order chi connectivity index (χ1) is 15.7. The summed E-state index contributed by atoms with van der Waals surface area (Å²) in [4.78, 5) is 27.2. The Morgan fingerprint density at radius 1 is 0.719 bits per heavy atom. The van der Waals surface area contributed by atoms with Crippen molar-refractivity contribution in [1.29, 1.82) is 0 Å². The molecule has 32 heavy (non-hydrogen) atoms. The molecule has 0 aliphatic rings. The van der Waals surface area contributed by atoms with Crippen LogP contribution in [0.25, 0.3) is 33.4 Å². The van der Waals surface area contributed by atoms with E-state index in [0.29, 0.717) is 17.7 Å². The van der Waals surface area contributed by atoms with Gasteiger partial charge >= 0.3 is 0 Å². The van der Waals surface area contributed by atoms with E-state index in [-0.39, 0.29) is 0 Å². The lowest BCUT2D eigenvalue weighted by atomic mass is 9.99. The van der Waals surface area contributed by atoms with Crippen molar-refractivity contribution in [3.63, 3.8) is 0 Å². The zero-order valence-corrected chi connectivity index (χ0v) is 17.3. The predicted octanol–water partition coefficient (Wildman–Crippen LogP) is 6.04. The Labute approximate surface area is 185 Å². The van der Waals surface area contributed by atoms with Gasteiger partial charge < -0.3 is 4.57 Å². The second-order valence-corrected chi connectivity index (χ2v) is 7.70. The van der Waals surface area contributed by atoms with Gasteiger partial charge in [0.2, 0.25) is 0 Å². The Morgan fingerprint density at radius 3 is 1.97 bits per heavy atom. The number of hydrogen-bond donors (Lipinski definition) is 0. The van der Waals surface area contributed by atoms with E-state index in [1.165, 1.54) is 5.56 Å². The molecule has 5 rings (SSSR count). The van der Waals surface area contributed by atoms with Crippen LogP contribution in [0, 0.1) is 0 Å². The Morgan fingerprint density at radius 2 is 1.34 bits per heavy atom. The second-order valence-electron chi connectivity index (χ2n) is 7.70. The highest BCUT2D eigenvalue weighted by atomic mass is 16.1. The molecule has 0 bridgehead atoms. The molecule has 5 aromatic rings. The van der Waals surface area contributed by atoms with Crippen LogP contribution < -0.4 is 0 Å². The maximum atomic E-state index is 11.1. The molecule has 4 heteroatoms. The minimum absolute atomic E-state index is 0.631. The molecule has 0 amide bonds. The second kappa shape index (κ2) is 8.44. The molecule has 0 saturated heterocycles. The zero-order chi connectivity index (χ0) is 21.9. The smallest absolute Gasteiger partial charge is 0.150 e. The molecule has 0 aliphatic heterocycles. The van der Waals surface area contributed by atoms with Crippen molar-refractivity contribution < 1.29 is 9.59 Å². The van der Waals surface area contributed by atoms with Crippen molar-refractivity contribution >= 4 is 23.6 Å². The number of carbonyl (C=O) groups excluding carboxylic acids is 2. The summed E-state index contributed by atoms with van der Waals surface area (Å²) in [5, 5.41) is 1.05. The van der Waals surface area contributed by atoms with Crippen LogP contribution in [0.4, 0.5) is 0 Å². The fourth-order valence-corrected chi connectivity index (χ4v) is 3.93. The minimum atomic E-state index is 0.631.